The normalized spacial score (nSPS) is 20.6. The minimum absolute atomic E-state index is 0. The van der Waals surface area contributed by atoms with Gasteiger partial charge in [0.15, 0.2) is 12.4 Å². The molecule has 212 valence electrons. The molecule has 1 aromatic carbocycles. The molecule has 15 heteroatoms. The Balaban J connectivity index is 0.00000400. The Morgan fingerprint density at radius 2 is 1.92 bits per heavy atom. The molecule has 12 nitrogen and oxygen atoms in total. The molecule has 0 amide bonds. The van der Waals surface area contributed by atoms with E-state index in [1.54, 1.807) is 12.1 Å². The number of aliphatic hydroxyl groups is 1. The molecule has 2 aliphatic rings. The Morgan fingerprint density at radius 1 is 1.21 bits per heavy atom. The lowest BCUT2D eigenvalue weighted by Crippen LogP contribution is -2.47. The summed E-state index contributed by atoms with van der Waals surface area (Å²) in [4.78, 5) is 0.0459. The van der Waals surface area contributed by atoms with Crippen LogP contribution in [-0.4, -0.2) is 83.9 Å². The number of hydrogen-bond acceptors (Lipinski definition) is 9. The van der Waals surface area contributed by atoms with Crippen molar-refractivity contribution < 1.29 is 36.1 Å². The number of piperidine rings is 1. The standard InChI is InChI=1S/C23H32N4O8S2.ClH/c1-24-36(30,31)21-5-2-4-20(12-21)34-17-19(28)14-25-18-13-23(35-16-18)7-10-27(11-8-23)37(32,33)22-6-3-9-26(29)15-22;/h2-6,9,12,15,18-19,24-25,28H,7-8,10-11,13-14,16-17H2,1H3;1H/t18-,19?;/m1./s1. The summed E-state index contributed by atoms with van der Waals surface area (Å²) in [6.07, 6.45) is 3.22. The third-order valence-corrected chi connectivity index (χ3v) is 9.99. The van der Waals surface area contributed by atoms with Gasteiger partial charge in [0.05, 0.1) is 17.1 Å². The Labute approximate surface area is 229 Å². The van der Waals surface area contributed by atoms with Crippen molar-refractivity contribution in [3.05, 3.63) is 54.0 Å². The van der Waals surface area contributed by atoms with Gasteiger partial charge in [0.2, 0.25) is 20.0 Å². The molecule has 4 rings (SSSR count). The van der Waals surface area contributed by atoms with E-state index < -0.39 is 31.8 Å². The van der Waals surface area contributed by atoms with Crippen LogP contribution in [0.3, 0.4) is 0 Å². The number of aromatic nitrogens is 1. The zero-order chi connectivity index (χ0) is 26.7. The number of rotatable bonds is 10. The van der Waals surface area contributed by atoms with Gasteiger partial charge in [-0.05, 0) is 44.5 Å². The highest BCUT2D eigenvalue weighted by atomic mass is 35.5. The summed E-state index contributed by atoms with van der Waals surface area (Å²) in [7, 11) is -6.01. The summed E-state index contributed by atoms with van der Waals surface area (Å²) in [5, 5.41) is 25.1. The van der Waals surface area contributed by atoms with E-state index in [1.165, 1.54) is 41.8 Å². The first-order valence-corrected chi connectivity index (χ1v) is 14.9. The van der Waals surface area contributed by atoms with Gasteiger partial charge in [0.25, 0.3) is 0 Å². The van der Waals surface area contributed by atoms with Gasteiger partial charge in [0, 0.05) is 37.8 Å². The predicted octanol–water partition coefficient (Wildman–Crippen LogP) is -0.00840. The summed E-state index contributed by atoms with van der Waals surface area (Å²) >= 11 is 0. The topological polar surface area (TPSA) is 161 Å². The first-order valence-electron chi connectivity index (χ1n) is 11.9. The fourth-order valence-corrected chi connectivity index (χ4v) is 6.81. The number of ether oxygens (including phenoxy) is 2. The van der Waals surface area contributed by atoms with E-state index in [9.17, 15) is 27.1 Å². The van der Waals surface area contributed by atoms with Gasteiger partial charge in [-0.2, -0.15) is 9.04 Å². The van der Waals surface area contributed by atoms with Crippen LogP contribution in [0, 0.1) is 5.21 Å². The second-order valence-electron chi connectivity index (χ2n) is 9.25. The number of sulfonamides is 2. The molecule has 0 aliphatic carbocycles. The summed E-state index contributed by atoms with van der Waals surface area (Å²) in [5.74, 6) is 0.334. The Hall–Kier alpha value is -2.04. The van der Waals surface area contributed by atoms with Gasteiger partial charge in [-0.1, -0.05) is 6.07 Å². The van der Waals surface area contributed by atoms with Crippen LogP contribution in [0.5, 0.6) is 5.75 Å². The van der Waals surface area contributed by atoms with Crippen molar-refractivity contribution >= 4 is 32.5 Å². The number of hydrogen-bond donors (Lipinski definition) is 3. The second kappa shape index (κ2) is 12.4. The smallest absolute Gasteiger partial charge is 0.249 e. The number of pyridine rings is 1. The van der Waals surface area contributed by atoms with Crippen molar-refractivity contribution in [2.24, 2.45) is 0 Å². The van der Waals surface area contributed by atoms with Crippen LogP contribution < -0.4 is 19.5 Å². The Morgan fingerprint density at radius 3 is 2.61 bits per heavy atom. The molecule has 1 aromatic heterocycles. The van der Waals surface area contributed by atoms with Crippen molar-refractivity contribution in [3.8, 4) is 5.75 Å². The lowest BCUT2D eigenvalue weighted by Gasteiger charge is -2.37. The second-order valence-corrected chi connectivity index (χ2v) is 13.1. The fraction of sp³-hybridized carbons (Fsp3) is 0.522. The van der Waals surface area contributed by atoms with Crippen molar-refractivity contribution in [3.63, 3.8) is 0 Å². The molecule has 0 radical (unpaired) electrons. The summed E-state index contributed by atoms with van der Waals surface area (Å²) in [6, 6.07) is 8.85. The van der Waals surface area contributed by atoms with Crippen LogP contribution in [0.4, 0.5) is 0 Å². The first-order chi connectivity index (χ1) is 17.5. The fourth-order valence-electron chi connectivity index (χ4n) is 4.60. The molecule has 2 aliphatic heterocycles. The van der Waals surface area contributed by atoms with E-state index >= 15 is 0 Å². The van der Waals surface area contributed by atoms with Crippen LogP contribution in [0.15, 0.2) is 58.6 Å². The lowest BCUT2D eigenvalue weighted by atomic mass is 9.88. The van der Waals surface area contributed by atoms with Crippen molar-refractivity contribution in [1.29, 1.82) is 0 Å². The lowest BCUT2D eigenvalue weighted by molar-refractivity contribution is -0.607. The van der Waals surface area contributed by atoms with Gasteiger partial charge < -0.3 is 25.1 Å². The zero-order valence-electron chi connectivity index (χ0n) is 20.9. The zero-order valence-corrected chi connectivity index (χ0v) is 23.3. The number of halogens is 1. The van der Waals surface area contributed by atoms with Crippen LogP contribution in [0.1, 0.15) is 19.3 Å². The molecule has 2 aromatic rings. The minimum Gasteiger partial charge on any atom is -0.619 e. The Bertz CT molecular complexity index is 1300. The van der Waals surface area contributed by atoms with E-state index in [2.05, 4.69) is 10.0 Å². The first kappa shape index (κ1) is 30.5. The third-order valence-electron chi connectivity index (χ3n) is 6.70. The highest BCUT2D eigenvalue weighted by Crippen LogP contribution is 2.37. The van der Waals surface area contributed by atoms with Gasteiger partial charge >= 0.3 is 0 Å². The molecule has 2 saturated heterocycles. The molecular weight excluding hydrogens is 560 g/mol. The van der Waals surface area contributed by atoms with E-state index in [1.807, 2.05) is 0 Å². The van der Waals surface area contributed by atoms with Gasteiger partial charge in [-0.15, -0.1) is 12.4 Å². The molecule has 1 spiro atoms. The third kappa shape index (κ3) is 7.12. The van der Waals surface area contributed by atoms with Gasteiger partial charge in [-0.25, -0.2) is 21.6 Å². The molecule has 3 N–H and O–H groups in total. The van der Waals surface area contributed by atoms with E-state index in [4.69, 9.17) is 9.47 Å². The number of aliphatic hydroxyl groups excluding tert-OH is 1. The van der Waals surface area contributed by atoms with Crippen molar-refractivity contribution in [1.82, 2.24) is 14.3 Å². The quantitative estimate of drug-likeness (QED) is 0.254. The van der Waals surface area contributed by atoms with Crippen LogP contribution >= 0.6 is 12.4 Å². The average molecular weight is 593 g/mol. The van der Waals surface area contributed by atoms with E-state index in [0.717, 1.165) is 6.20 Å². The van der Waals surface area contributed by atoms with E-state index in [0.29, 0.717) is 49.4 Å². The van der Waals surface area contributed by atoms with Gasteiger partial charge in [-0.3, -0.25) is 0 Å². The van der Waals surface area contributed by atoms with E-state index in [-0.39, 0.29) is 41.4 Å². The monoisotopic (exact) mass is 592 g/mol. The average Bonchev–Trinajstić information content (AvgIpc) is 3.28. The van der Waals surface area contributed by atoms with Crippen LogP contribution in [0.25, 0.3) is 0 Å². The number of benzene rings is 1. The van der Waals surface area contributed by atoms with Crippen molar-refractivity contribution in [2.75, 3.05) is 39.9 Å². The molecule has 38 heavy (non-hydrogen) atoms. The summed E-state index contributed by atoms with van der Waals surface area (Å²) in [5.41, 5.74) is -0.431. The number of nitrogens with one attached hydrogen (secondary N) is 2. The molecule has 0 saturated carbocycles. The van der Waals surface area contributed by atoms with Gasteiger partial charge in [0.1, 0.15) is 23.4 Å². The molecule has 1 unspecified atom stereocenters. The summed E-state index contributed by atoms with van der Waals surface area (Å²) in [6.45, 7) is 1.26. The molecule has 3 heterocycles. The highest BCUT2D eigenvalue weighted by Gasteiger charge is 2.45. The SMILES string of the molecule is CNS(=O)(=O)c1cccc(OCC(O)CN[C@H]2COC3(CCN(S(=O)(=O)c4ccc[n+]([O-])c4)CC3)C2)c1.Cl. The van der Waals surface area contributed by atoms with Crippen LogP contribution in [-0.2, 0) is 24.8 Å². The molecular formula is C23H33ClN4O8S2. The maximum Gasteiger partial charge on any atom is 0.249 e. The Kier molecular flexibility index (Phi) is 9.97. The highest BCUT2D eigenvalue weighted by molar-refractivity contribution is 7.89. The molecule has 2 fully saturated rings. The minimum atomic E-state index is -3.75. The molecule has 0 bridgehead atoms. The predicted molar refractivity (Wildman–Crippen MR) is 140 cm³/mol. The maximum absolute atomic E-state index is 12.9. The summed E-state index contributed by atoms with van der Waals surface area (Å²) < 4.78 is 65.4. The molecule has 2 atom stereocenters. The van der Waals surface area contributed by atoms with Crippen molar-refractivity contribution in [2.45, 2.75) is 46.8 Å². The maximum atomic E-state index is 12.9. The number of nitrogens with zero attached hydrogens (tertiary/aromatic N) is 2. The largest absolute Gasteiger partial charge is 0.619 e. The van der Waals surface area contributed by atoms with Crippen LogP contribution in [0.2, 0.25) is 0 Å².